The second kappa shape index (κ2) is 5.40. The van der Waals surface area contributed by atoms with E-state index in [1.807, 2.05) is 26.8 Å². The first-order chi connectivity index (χ1) is 9.13. The van der Waals surface area contributed by atoms with Crippen LogP contribution in [-0.2, 0) is 10.0 Å². The summed E-state index contributed by atoms with van der Waals surface area (Å²) in [7, 11) is -3.45. The van der Waals surface area contributed by atoms with Crippen LogP contribution in [0.4, 0.5) is 0 Å². The molecule has 6 heteroatoms. The van der Waals surface area contributed by atoms with E-state index in [9.17, 15) is 8.42 Å². The molecule has 1 aliphatic rings. The molecule has 1 fully saturated rings. The molecule has 0 saturated carbocycles. The lowest BCUT2D eigenvalue weighted by Crippen LogP contribution is -2.53. The van der Waals surface area contributed by atoms with E-state index in [-0.39, 0.29) is 11.5 Å². The van der Waals surface area contributed by atoms with Gasteiger partial charge in [0.05, 0.1) is 4.90 Å². The Morgan fingerprint density at radius 3 is 2.55 bits per heavy atom. The summed E-state index contributed by atoms with van der Waals surface area (Å²) in [6.07, 6.45) is 0.694. The molecule has 1 heterocycles. The number of piperidine rings is 1. The summed E-state index contributed by atoms with van der Waals surface area (Å²) in [6, 6.07) is 5.30. The molecular formula is C14H21BrN2O2S. The van der Waals surface area contributed by atoms with Gasteiger partial charge in [-0.25, -0.2) is 8.42 Å². The lowest BCUT2D eigenvalue weighted by Gasteiger charge is -2.41. The van der Waals surface area contributed by atoms with E-state index in [0.717, 1.165) is 10.0 Å². The Bertz CT molecular complexity index is 593. The van der Waals surface area contributed by atoms with Gasteiger partial charge in [0.1, 0.15) is 0 Å². The monoisotopic (exact) mass is 360 g/mol. The zero-order chi connectivity index (χ0) is 15.1. The van der Waals surface area contributed by atoms with E-state index in [1.54, 1.807) is 16.4 Å². The summed E-state index contributed by atoms with van der Waals surface area (Å²) in [5.74, 6) is 0. The van der Waals surface area contributed by atoms with Crippen LogP contribution in [0, 0.1) is 12.3 Å². The third-order valence-corrected chi connectivity index (χ3v) is 6.21. The van der Waals surface area contributed by atoms with Crippen LogP contribution in [0.15, 0.2) is 27.6 Å². The van der Waals surface area contributed by atoms with Crippen molar-refractivity contribution in [1.82, 2.24) is 4.31 Å². The summed E-state index contributed by atoms with van der Waals surface area (Å²) in [6.45, 7) is 6.87. The smallest absolute Gasteiger partial charge is 0.243 e. The topological polar surface area (TPSA) is 63.4 Å². The summed E-state index contributed by atoms with van der Waals surface area (Å²) in [4.78, 5) is 0.343. The van der Waals surface area contributed by atoms with E-state index in [1.165, 1.54) is 0 Å². The highest BCUT2D eigenvalue weighted by atomic mass is 79.9. The molecule has 1 aromatic carbocycles. The van der Waals surface area contributed by atoms with Gasteiger partial charge in [-0.1, -0.05) is 29.8 Å². The van der Waals surface area contributed by atoms with Gasteiger partial charge in [0, 0.05) is 23.6 Å². The van der Waals surface area contributed by atoms with Gasteiger partial charge in [0.25, 0.3) is 0 Å². The second-order valence-electron chi connectivity index (χ2n) is 6.19. The zero-order valence-electron chi connectivity index (χ0n) is 12.1. The highest BCUT2D eigenvalue weighted by molar-refractivity contribution is 9.10. The Morgan fingerprint density at radius 1 is 1.35 bits per heavy atom. The molecule has 0 radical (unpaired) electrons. The molecule has 0 aromatic heterocycles. The molecule has 2 rings (SSSR count). The van der Waals surface area contributed by atoms with Gasteiger partial charge >= 0.3 is 0 Å². The number of aryl methyl sites for hydroxylation is 1. The van der Waals surface area contributed by atoms with Crippen LogP contribution in [0.5, 0.6) is 0 Å². The number of nitrogens with zero attached hydrogens (tertiary/aromatic N) is 1. The molecule has 20 heavy (non-hydrogen) atoms. The molecule has 0 spiro atoms. The van der Waals surface area contributed by atoms with Crippen LogP contribution in [-0.4, -0.2) is 31.9 Å². The van der Waals surface area contributed by atoms with Gasteiger partial charge in [0.15, 0.2) is 0 Å². The van der Waals surface area contributed by atoms with E-state index < -0.39 is 10.0 Å². The molecule has 0 bridgehead atoms. The average Bonchev–Trinajstić information content (AvgIpc) is 2.31. The molecule has 4 nitrogen and oxygen atoms in total. The maximum Gasteiger partial charge on any atom is 0.243 e. The summed E-state index contributed by atoms with van der Waals surface area (Å²) >= 11 is 3.36. The zero-order valence-corrected chi connectivity index (χ0v) is 14.5. The average molecular weight is 361 g/mol. The maximum absolute atomic E-state index is 12.8. The normalized spacial score (nSPS) is 23.8. The number of hydrogen-bond donors (Lipinski definition) is 1. The number of halogens is 1. The van der Waals surface area contributed by atoms with Crippen molar-refractivity contribution >= 4 is 26.0 Å². The Morgan fingerprint density at radius 2 is 2.00 bits per heavy atom. The van der Waals surface area contributed by atoms with Gasteiger partial charge in [0.2, 0.25) is 10.0 Å². The number of benzene rings is 1. The van der Waals surface area contributed by atoms with Crippen LogP contribution in [0.3, 0.4) is 0 Å². The first-order valence-electron chi connectivity index (χ1n) is 6.66. The molecule has 112 valence electrons. The van der Waals surface area contributed by atoms with E-state index in [4.69, 9.17) is 5.73 Å². The molecule has 0 aliphatic carbocycles. The van der Waals surface area contributed by atoms with Crippen molar-refractivity contribution in [3.63, 3.8) is 0 Å². The fourth-order valence-corrected chi connectivity index (χ4v) is 5.05. The molecule has 1 unspecified atom stereocenters. The summed E-state index contributed by atoms with van der Waals surface area (Å²) in [5.41, 5.74) is 6.80. The van der Waals surface area contributed by atoms with Crippen molar-refractivity contribution in [2.24, 2.45) is 11.1 Å². The summed E-state index contributed by atoms with van der Waals surface area (Å²) in [5, 5.41) is 0. The van der Waals surface area contributed by atoms with Gasteiger partial charge in [-0.15, -0.1) is 0 Å². The van der Waals surface area contributed by atoms with Gasteiger partial charge < -0.3 is 5.73 Å². The van der Waals surface area contributed by atoms with Gasteiger partial charge in [-0.05, 0) is 42.5 Å². The summed E-state index contributed by atoms with van der Waals surface area (Å²) < 4.78 is 27.8. The molecule has 2 N–H and O–H groups in total. The van der Waals surface area contributed by atoms with E-state index >= 15 is 0 Å². The molecule has 1 aromatic rings. The maximum atomic E-state index is 12.8. The van der Waals surface area contributed by atoms with Crippen LogP contribution in [0.2, 0.25) is 0 Å². The van der Waals surface area contributed by atoms with Gasteiger partial charge in [-0.3, -0.25) is 0 Å². The molecule has 1 aliphatic heterocycles. The van der Waals surface area contributed by atoms with Gasteiger partial charge in [-0.2, -0.15) is 4.31 Å². The first kappa shape index (κ1) is 15.9. The first-order valence-corrected chi connectivity index (χ1v) is 8.89. The SMILES string of the molecule is Cc1cc(Br)cc(S(=O)(=O)N2CCC(N)C(C)(C)C2)c1. The molecule has 1 atom stereocenters. The minimum Gasteiger partial charge on any atom is -0.327 e. The number of hydrogen-bond acceptors (Lipinski definition) is 3. The largest absolute Gasteiger partial charge is 0.327 e. The van der Waals surface area contributed by atoms with E-state index in [2.05, 4.69) is 15.9 Å². The molecular weight excluding hydrogens is 340 g/mol. The van der Waals surface area contributed by atoms with Crippen LogP contribution in [0.25, 0.3) is 0 Å². The minimum atomic E-state index is -3.45. The lowest BCUT2D eigenvalue weighted by atomic mass is 9.81. The lowest BCUT2D eigenvalue weighted by molar-refractivity contribution is 0.155. The van der Waals surface area contributed by atoms with Crippen molar-refractivity contribution in [1.29, 1.82) is 0 Å². The minimum absolute atomic E-state index is 0.0400. The number of rotatable bonds is 2. The third-order valence-electron chi connectivity index (χ3n) is 3.93. The fourth-order valence-electron chi connectivity index (χ4n) is 2.53. The molecule has 0 amide bonds. The van der Waals surface area contributed by atoms with Crippen molar-refractivity contribution in [3.8, 4) is 0 Å². The van der Waals surface area contributed by atoms with Crippen molar-refractivity contribution in [2.45, 2.75) is 38.1 Å². The quantitative estimate of drug-likeness (QED) is 0.880. The Hall–Kier alpha value is -0.430. The highest BCUT2D eigenvalue weighted by Crippen LogP contribution is 2.32. The predicted molar refractivity (Wildman–Crippen MR) is 84.0 cm³/mol. The standard InChI is InChI=1S/C14H21BrN2O2S/c1-10-6-11(15)8-12(7-10)20(18,19)17-5-4-13(16)14(2,3)9-17/h6-8,13H,4-5,9,16H2,1-3H3. The second-order valence-corrected chi connectivity index (χ2v) is 9.04. The number of sulfonamides is 1. The van der Waals surface area contributed by atoms with Crippen molar-refractivity contribution in [3.05, 3.63) is 28.2 Å². The molecule has 1 saturated heterocycles. The van der Waals surface area contributed by atoms with Crippen LogP contribution < -0.4 is 5.73 Å². The Labute approximate surface area is 129 Å². The predicted octanol–water partition coefficient (Wildman–Crippen LogP) is 2.51. The van der Waals surface area contributed by atoms with Crippen molar-refractivity contribution < 1.29 is 8.42 Å². The third kappa shape index (κ3) is 3.08. The Kier molecular flexibility index (Phi) is 4.31. The highest BCUT2D eigenvalue weighted by Gasteiger charge is 2.38. The van der Waals surface area contributed by atoms with Crippen LogP contribution in [0.1, 0.15) is 25.8 Å². The van der Waals surface area contributed by atoms with Crippen molar-refractivity contribution in [2.75, 3.05) is 13.1 Å². The fraction of sp³-hybridized carbons (Fsp3) is 0.571. The Balaban J connectivity index is 2.36. The number of nitrogens with two attached hydrogens (primary N) is 1. The van der Waals surface area contributed by atoms with E-state index in [0.29, 0.717) is 24.4 Å². The van der Waals surface area contributed by atoms with Crippen LogP contribution >= 0.6 is 15.9 Å².